The smallest absolute Gasteiger partial charge is 0.115 e. The maximum atomic E-state index is 7.19. The Morgan fingerprint density at radius 1 is 0.690 bits per heavy atom. The predicted octanol–water partition coefficient (Wildman–Crippen LogP) is 12.8. The van der Waals surface area contributed by atoms with E-state index in [1.54, 1.807) is 0 Å². The van der Waals surface area contributed by atoms with Crippen LogP contribution in [0.4, 0.5) is 17.1 Å². The molecule has 3 heteroatoms. The fourth-order valence-corrected chi connectivity index (χ4v) is 10.9. The van der Waals surface area contributed by atoms with Crippen molar-refractivity contribution in [1.29, 1.82) is 0 Å². The van der Waals surface area contributed by atoms with Gasteiger partial charge in [-0.15, -0.1) is 6.58 Å². The molecule has 0 saturated carbocycles. The molecule has 0 bridgehead atoms. The summed E-state index contributed by atoms with van der Waals surface area (Å²) < 4.78 is 0. The highest BCUT2D eigenvalue weighted by molar-refractivity contribution is 6.25. The molecular weight excluding hydrogens is 699 g/mol. The highest BCUT2D eigenvalue weighted by Gasteiger charge is 2.49. The van der Waals surface area contributed by atoms with Crippen LogP contribution >= 0.6 is 0 Å². The molecule has 1 unspecified atom stereocenters. The largest absolute Gasteiger partial charge is 0.398 e. The number of nitrogen functional groups attached to an aromatic ring is 1. The van der Waals surface area contributed by atoms with Gasteiger partial charge in [0.05, 0.1) is 16.8 Å². The standard InChI is InChI=1S/C55H43BN2/c1-35(56)53-46-34-38-17-9-10-23-41(38)43(46)32-30-37-18-14-25-44(52-42-24-11-8-16-36(42)31-33-49(52)57)51(37)45-26-15-28-48-54(45)58(53)50-29-13-12-27-47(50)55(48,39-19-4-2-5-20-39)40-21-6-3-7-22-40/h2-6,8-10,12-21,23,25-29,31-33H,1,7,11,22,24,30,34,57H2/b43-32-,53-46+. The van der Waals surface area contributed by atoms with Crippen LogP contribution in [0.5, 0.6) is 0 Å². The van der Waals surface area contributed by atoms with Gasteiger partial charge in [-0.05, 0) is 111 Å². The fraction of sp³-hybridized carbons (Fsp3) is 0.127. The summed E-state index contributed by atoms with van der Waals surface area (Å²) in [6.45, 7) is 4.59. The van der Waals surface area contributed by atoms with E-state index < -0.39 is 5.41 Å². The number of hydrogen-bond donors (Lipinski definition) is 1. The Bertz CT molecular complexity index is 2880. The Balaban J connectivity index is 1.35. The minimum atomic E-state index is -0.581. The summed E-state index contributed by atoms with van der Waals surface area (Å²) in [6, 6.07) is 47.2. The van der Waals surface area contributed by atoms with Gasteiger partial charge in [-0.1, -0.05) is 163 Å². The zero-order chi connectivity index (χ0) is 39.0. The minimum Gasteiger partial charge on any atom is -0.398 e. The summed E-state index contributed by atoms with van der Waals surface area (Å²) in [5.74, 6) is 0. The second-order valence-corrected chi connectivity index (χ2v) is 16.2. The third kappa shape index (κ3) is 4.99. The van der Waals surface area contributed by atoms with Crippen LogP contribution in [0.25, 0.3) is 33.9 Å². The number of rotatable bonds is 4. The minimum absolute atomic E-state index is 0.554. The number of anilines is 3. The van der Waals surface area contributed by atoms with Gasteiger partial charge in [-0.25, -0.2) is 0 Å². The van der Waals surface area contributed by atoms with Crippen molar-refractivity contribution < 1.29 is 0 Å². The molecule has 0 fully saturated rings. The van der Waals surface area contributed by atoms with E-state index in [0.29, 0.717) is 5.47 Å². The first-order chi connectivity index (χ1) is 28.6. The highest BCUT2D eigenvalue weighted by atomic mass is 15.2. The van der Waals surface area contributed by atoms with E-state index in [9.17, 15) is 0 Å². The van der Waals surface area contributed by atoms with E-state index in [2.05, 4.69) is 175 Å². The number of nitrogens with zero attached hydrogens (tertiary/aromatic N) is 1. The normalized spacial score (nSPS) is 20.7. The Hall–Kier alpha value is -6.58. The summed E-state index contributed by atoms with van der Waals surface area (Å²) in [6.07, 6.45) is 19.3. The molecule has 6 aromatic carbocycles. The van der Waals surface area contributed by atoms with E-state index in [1.807, 2.05) is 0 Å². The predicted molar refractivity (Wildman–Crippen MR) is 244 cm³/mol. The monoisotopic (exact) mass is 742 g/mol. The van der Waals surface area contributed by atoms with E-state index in [0.717, 1.165) is 66.8 Å². The first kappa shape index (κ1) is 34.7. The van der Waals surface area contributed by atoms with Crippen LogP contribution in [-0.4, -0.2) is 7.85 Å². The van der Waals surface area contributed by atoms with Gasteiger partial charge in [-0.2, -0.15) is 0 Å². The average Bonchev–Trinajstić information content (AvgIpc) is 3.63. The number of hydrogen-bond acceptors (Lipinski definition) is 2. The van der Waals surface area contributed by atoms with Crippen LogP contribution in [0, 0.1) is 0 Å². The third-order valence-electron chi connectivity index (χ3n) is 13.2. The van der Waals surface area contributed by atoms with Gasteiger partial charge in [0, 0.05) is 28.9 Å². The van der Waals surface area contributed by atoms with Crippen molar-refractivity contribution in [2.75, 3.05) is 10.6 Å². The molecule has 2 aliphatic heterocycles. The summed E-state index contributed by atoms with van der Waals surface area (Å²) in [4.78, 5) is 2.50. The van der Waals surface area contributed by atoms with Gasteiger partial charge in [0.15, 0.2) is 0 Å². The average molecular weight is 743 g/mol. The molecule has 5 aliphatic rings. The molecule has 0 aromatic heterocycles. The molecule has 0 spiro atoms. The zero-order valence-corrected chi connectivity index (χ0v) is 32.6. The summed E-state index contributed by atoms with van der Waals surface area (Å²) in [7, 11) is 7.19. The van der Waals surface area contributed by atoms with Crippen LogP contribution in [0.15, 0.2) is 187 Å². The topological polar surface area (TPSA) is 29.3 Å². The molecule has 276 valence electrons. The lowest BCUT2D eigenvalue weighted by atomic mass is 9.60. The van der Waals surface area contributed by atoms with Crippen molar-refractivity contribution in [2.24, 2.45) is 0 Å². The van der Waals surface area contributed by atoms with Crippen molar-refractivity contribution in [2.45, 2.75) is 43.9 Å². The number of allylic oxidation sites excluding steroid dienone is 9. The summed E-state index contributed by atoms with van der Waals surface area (Å²) in [5.41, 5.74) is 29.8. The van der Waals surface area contributed by atoms with Crippen LogP contribution in [-0.2, 0) is 24.7 Å². The number of nitrogens with two attached hydrogens (primary N) is 1. The van der Waals surface area contributed by atoms with Crippen molar-refractivity contribution >= 4 is 36.6 Å². The quantitative estimate of drug-likeness (QED) is 0.144. The number of fused-ring (bicyclic) bond motifs is 8. The van der Waals surface area contributed by atoms with Crippen LogP contribution in [0.3, 0.4) is 0 Å². The lowest BCUT2D eigenvalue weighted by molar-refractivity contribution is 0.666. The van der Waals surface area contributed by atoms with Crippen molar-refractivity contribution in [3.63, 3.8) is 0 Å². The van der Waals surface area contributed by atoms with Crippen molar-refractivity contribution in [3.05, 3.63) is 231 Å². The zero-order valence-electron chi connectivity index (χ0n) is 32.6. The SMILES string of the molecule is [B]C(=C)/C1=C2/Cc3ccccc3/C2=C/Cc2cccc(-c3c(N)ccc4c3CCC=C4)c2-c2cccc3c2N1c1ccccc1C3(C1=CC=CCC1)c1ccccc1. The van der Waals surface area contributed by atoms with Gasteiger partial charge >= 0.3 is 0 Å². The first-order valence-electron chi connectivity index (χ1n) is 20.7. The van der Waals surface area contributed by atoms with E-state index in [1.165, 1.54) is 77.9 Å². The Morgan fingerprint density at radius 2 is 1.43 bits per heavy atom. The molecule has 2 N–H and O–H groups in total. The molecule has 1 atom stereocenters. The van der Waals surface area contributed by atoms with Gasteiger partial charge in [0.25, 0.3) is 0 Å². The van der Waals surface area contributed by atoms with E-state index >= 15 is 0 Å². The highest BCUT2D eigenvalue weighted by Crippen LogP contribution is 2.62. The summed E-state index contributed by atoms with van der Waals surface area (Å²) >= 11 is 0. The molecule has 0 saturated heterocycles. The molecule has 6 aromatic rings. The Labute approximate surface area is 343 Å². The maximum absolute atomic E-state index is 7.19. The molecule has 58 heavy (non-hydrogen) atoms. The molecule has 2 nitrogen and oxygen atoms in total. The van der Waals surface area contributed by atoms with Crippen LogP contribution in [0.1, 0.15) is 63.8 Å². The molecular formula is C55H43BN2. The second kappa shape index (κ2) is 13.5. The lowest BCUT2D eigenvalue weighted by Crippen LogP contribution is -2.40. The van der Waals surface area contributed by atoms with Crippen LogP contribution in [0.2, 0.25) is 0 Å². The molecule has 3 aliphatic carbocycles. The van der Waals surface area contributed by atoms with Gasteiger partial charge in [0.1, 0.15) is 7.85 Å². The lowest BCUT2D eigenvalue weighted by Gasteiger charge is -2.49. The third-order valence-corrected chi connectivity index (χ3v) is 13.2. The molecule has 0 amide bonds. The Kier molecular flexibility index (Phi) is 8.08. The van der Waals surface area contributed by atoms with Crippen molar-refractivity contribution in [3.8, 4) is 22.3 Å². The second-order valence-electron chi connectivity index (χ2n) is 16.2. The van der Waals surface area contributed by atoms with Gasteiger partial charge < -0.3 is 10.6 Å². The summed E-state index contributed by atoms with van der Waals surface area (Å²) in [5, 5.41) is 0. The number of benzene rings is 6. The van der Waals surface area contributed by atoms with Gasteiger partial charge in [-0.3, -0.25) is 0 Å². The fourth-order valence-electron chi connectivity index (χ4n) is 10.9. The van der Waals surface area contributed by atoms with Gasteiger partial charge in [0.2, 0.25) is 0 Å². The number of para-hydroxylation sites is 2. The molecule has 11 rings (SSSR count). The van der Waals surface area contributed by atoms with E-state index in [-0.39, 0.29) is 0 Å². The van der Waals surface area contributed by atoms with E-state index in [4.69, 9.17) is 13.6 Å². The van der Waals surface area contributed by atoms with Crippen molar-refractivity contribution in [1.82, 2.24) is 0 Å². The van der Waals surface area contributed by atoms with Crippen LogP contribution < -0.4 is 10.6 Å². The molecule has 2 radical (unpaired) electrons. The maximum Gasteiger partial charge on any atom is 0.115 e. The first-order valence-corrected chi connectivity index (χ1v) is 20.7. The Morgan fingerprint density at radius 3 is 2.29 bits per heavy atom. The molecule has 2 heterocycles.